The van der Waals surface area contributed by atoms with Crippen molar-refractivity contribution in [2.24, 2.45) is 0 Å². The summed E-state index contributed by atoms with van der Waals surface area (Å²) >= 11 is 0. The van der Waals surface area contributed by atoms with Gasteiger partial charge >= 0.3 is 5.97 Å². The fraction of sp³-hybridized carbons (Fsp3) is 0.357. The second-order valence-electron chi connectivity index (χ2n) is 3.62. The number of nitrogens with zero attached hydrogens (tertiary/aromatic N) is 1. The maximum atomic E-state index is 11.0. The summed E-state index contributed by atoms with van der Waals surface area (Å²) in [6, 6.07) is 3.58. The van der Waals surface area contributed by atoms with Gasteiger partial charge in [-0.1, -0.05) is 34.1 Å². The first kappa shape index (κ1) is 17.6. The minimum absolute atomic E-state index is 0.0644. The molecule has 2 aromatic rings. The van der Waals surface area contributed by atoms with Crippen LogP contribution in [0.3, 0.4) is 0 Å². The fourth-order valence-electron chi connectivity index (χ4n) is 1.24. The van der Waals surface area contributed by atoms with Crippen LogP contribution in [0.5, 0.6) is 5.75 Å². The molecule has 110 valence electrons. The van der Waals surface area contributed by atoms with E-state index in [0.29, 0.717) is 5.52 Å². The molecule has 0 radical (unpaired) electrons. The lowest BCUT2D eigenvalue weighted by molar-refractivity contribution is 0.0691. The van der Waals surface area contributed by atoms with Crippen LogP contribution in [0, 0.1) is 0 Å². The van der Waals surface area contributed by atoms with Crippen molar-refractivity contribution in [3.8, 4) is 5.75 Å². The van der Waals surface area contributed by atoms with E-state index in [1.54, 1.807) is 0 Å². The van der Waals surface area contributed by atoms with Crippen LogP contribution in [0.2, 0.25) is 0 Å². The Morgan fingerprint density at radius 3 is 2.35 bits per heavy atom. The molecular weight excluding hydrogens is 260 g/mol. The summed E-state index contributed by atoms with van der Waals surface area (Å²) in [5, 5.41) is 18.1. The molecule has 0 aliphatic rings. The SMILES string of the molecule is CC.CCC.O=C(O)c1ccc2[nH]c(=O)cc(O)c2n1. The summed E-state index contributed by atoms with van der Waals surface area (Å²) in [5.41, 5.74) is -0.297. The van der Waals surface area contributed by atoms with Crippen molar-refractivity contribution in [3.63, 3.8) is 0 Å². The third kappa shape index (κ3) is 4.72. The predicted octanol–water partition coefficient (Wildman–Crippen LogP) is 2.77. The van der Waals surface area contributed by atoms with E-state index in [4.69, 9.17) is 5.11 Å². The second-order valence-corrected chi connectivity index (χ2v) is 3.62. The van der Waals surface area contributed by atoms with Crippen LogP contribution in [-0.4, -0.2) is 26.2 Å². The molecule has 0 atom stereocenters. The van der Waals surface area contributed by atoms with E-state index >= 15 is 0 Å². The molecule has 0 amide bonds. The molecule has 6 heteroatoms. The first-order valence-electron chi connectivity index (χ1n) is 6.45. The fourth-order valence-corrected chi connectivity index (χ4v) is 1.24. The zero-order valence-electron chi connectivity index (χ0n) is 12.1. The van der Waals surface area contributed by atoms with Crippen LogP contribution in [0.15, 0.2) is 23.0 Å². The average Bonchev–Trinajstić information content (AvgIpc) is 2.41. The largest absolute Gasteiger partial charge is 0.505 e. The van der Waals surface area contributed by atoms with E-state index in [-0.39, 0.29) is 17.0 Å². The van der Waals surface area contributed by atoms with E-state index in [1.807, 2.05) is 13.8 Å². The number of nitrogens with one attached hydrogen (secondary N) is 1. The van der Waals surface area contributed by atoms with Gasteiger partial charge in [-0.2, -0.15) is 0 Å². The number of aromatic nitrogens is 2. The number of rotatable bonds is 1. The van der Waals surface area contributed by atoms with Crippen LogP contribution in [0.1, 0.15) is 44.6 Å². The molecule has 0 aromatic carbocycles. The molecule has 0 aliphatic carbocycles. The maximum Gasteiger partial charge on any atom is 0.354 e. The van der Waals surface area contributed by atoms with Gasteiger partial charge in [0.25, 0.3) is 5.56 Å². The molecule has 0 spiro atoms. The number of aromatic hydroxyl groups is 1. The van der Waals surface area contributed by atoms with Gasteiger partial charge in [0, 0.05) is 6.07 Å². The Morgan fingerprint density at radius 2 is 1.85 bits per heavy atom. The highest BCUT2D eigenvalue weighted by Gasteiger charge is 2.08. The molecule has 2 heterocycles. The van der Waals surface area contributed by atoms with Crippen LogP contribution < -0.4 is 5.56 Å². The molecule has 2 rings (SSSR count). The van der Waals surface area contributed by atoms with Crippen molar-refractivity contribution in [3.05, 3.63) is 34.2 Å². The molecule has 2 aromatic heterocycles. The van der Waals surface area contributed by atoms with Gasteiger partial charge in [-0.05, 0) is 12.1 Å². The summed E-state index contributed by atoms with van der Waals surface area (Å²) in [6.45, 7) is 8.25. The first-order chi connectivity index (χ1) is 9.49. The minimum Gasteiger partial charge on any atom is -0.505 e. The number of pyridine rings is 2. The number of aromatic carboxylic acids is 1. The molecule has 0 aliphatic heterocycles. The van der Waals surface area contributed by atoms with Gasteiger partial charge in [-0.15, -0.1) is 0 Å². The molecule has 0 bridgehead atoms. The lowest BCUT2D eigenvalue weighted by Gasteiger charge is -2.00. The number of H-pyrrole nitrogens is 1. The third-order valence-corrected chi connectivity index (χ3v) is 1.88. The number of hydrogen-bond donors (Lipinski definition) is 3. The number of hydrogen-bond acceptors (Lipinski definition) is 4. The summed E-state index contributed by atoms with van der Waals surface area (Å²) in [6.07, 6.45) is 1.25. The molecule has 20 heavy (non-hydrogen) atoms. The van der Waals surface area contributed by atoms with Crippen LogP contribution in [0.4, 0.5) is 0 Å². The summed E-state index contributed by atoms with van der Waals surface area (Å²) < 4.78 is 0. The third-order valence-electron chi connectivity index (χ3n) is 1.88. The van der Waals surface area contributed by atoms with Gasteiger partial charge < -0.3 is 15.2 Å². The normalized spacial score (nSPS) is 9.00. The minimum atomic E-state index is -1.19. The van der Waals surface area contributed by atoms with Crippen molar-refractivity contribution in [2.45, 2.75) is 34.1 Å². The van der Waals surface area contributed by atoms with Gasteiger partial charge in [0.1, 0.15) is 17.0 Å². The second kappa shape index (κ2) is 8.68. The molecule has 0 saturated carbocycles. The molecular formula is C14H20N2O4. The van der Waals surface area contributed by atoms with Gasteiger partial charge in [0.05, 0.1) is 5.52 Å². The van der Waals surface area contributed by atoms with Gasteiger partial charge in [-0.25, -0.2) is 9.78 Å². The molecule has 0 unspecified atom stereocenters. The van der Waals surface area contributed by atoms with Crippen molar-refractivity contribution >= 4 is 17.0 Å². The van der Waals surface area contributed by atoms with Gasteiger partial charge in [0.2, 0.25) is 0 Å². The van der Waals surface area contributed by atoms with Crippen molar-refractivity contribution in [1.82, 2.24) is 9.97 Å². The van der Waals surface area contributed by atoms with E-state index < -0.39 is 11.5 Å². The Kier molecular flexibility index (Phi) is 7.65. The molecule has 6 nitrogen and oxygen atoms in total. The van der Waals surface area contributed by atoms with Crippen LogP contribution in [0.25, 0.3) is 11.0 Å². The quantitative estimate of drug-likeness (QED) is 0.745. The number of carboxylic acid groups (broad SMARTS) is 1. The van der Waals surface area contributed by atoms with Crippen molar-refractivity contribution in [2.75, 3.05) is 0 Å². The van der Waals surface area contributed by atoms with E-state index in [9.17, 15) is 14.7 Å². The summed E-state index contributed by atoms with van der Waals surface area (Å²) in [7, 11) is 0. The predicted molar refractivity (Wildman–Crippen MR) is 78.3 cm³/mol. The van der Waals surface area contributed by atoms with Gasteiger partial charge in [0.15, 0.2) is 0 Å². The summed E-state index contributed by atoms with van der Waals surface area (Å²) in [5.74, 6) is -1.53. The highest BCUT2D eigenvalue weighted by atomic mass is 16.4. The number of carboxylic acids is 1. The number of carbonyl (C=O) groups is 1. The van der Waals surface area contributed by atoms with Gasteiger partial charge in [-0.3, -0.25) is 4.79 Å². The van der Waals surface area contributed by atoms with Crippen molar-refractivity contribution < 1.29 is 15.0 Å². The topological polar surface area (TPSA) is 103 Å². The summed E-state index contributed by atoms with van der Waals surface area (Å²) in [4.78, 5) is 27.7. The Morgan fingerprint density at radius 1 is 1.30 bits per heavy atom. The van der Waals surface area contributed by atoms with E-state index in [2.05, 4.69) is 23.8 Å². The Bertz CT molecular complexity index is 620. The molecule has 3 N–H and O–H groups in total. The van der Waals surface area contributed by atoms with E-state index in [1.165, 1.54) is 18.6 Å². The van der Waals surface area contributed by atoms with Crippen LogP contribution in [-0.2, 0) is 0 Å². The van der Waals surface area contributed by atoms with Crippen LogP contribution >= 0.6 is 0 Å². The zero-order chi connectivity index (χ0) is 15.7. The smallest absolute Gasteiger partial charge is 0.354 e. The Balaban J connectivity index is 0.000000641. The Labute approximate surface area is 117 Å². The monoisotopic (exact) mass is 280 g/mol. The highest BCUT2D eigenvalue weighted by Crippen LogP contribution is 2.18. The Hall–Kier alpha value is -2.37. The first-order valence-corrected chi connectivity index (χ1v) is 6.45. The average molecular weight is 280 g/mol. The maximum absolute atomic E-state index is 11.0. The zero-order valence-corrected chi connectivity index (χ0v) is 12.1. The molecule has 0 saturated heterocycles. The standard InChI is InChI=1S/C9H6N2O4.C3H8.C2H6/c12-6-3-7(13)10-4-1-2-5(9(14)15)11-8(4)6;1-3-2;1-2/h1-3H,(H,14,15)(H2,10,12,13);3H2,1-2H3;1-2H3. The highest BCUT2D eigenvalue weighted by molar-refractivity contribution is 5.90. The number of fused-ring (bicyclic) bond motifs is 1. The van der Waals surface area contributed by atoms with Crippen molar-refractivity contribution in [1.29, 1.82) is 0 Å². The van der Waals surface area contributed by atoms with E-state index in [0.717, 1.165) is 6.07 Å². The number of aromatic amines is 1. The lowest BCUT2D eigenvalue weighted by atomic mass is 10.2. The molecule has 0 fully saturated rings. The lowest BCUT2D eigenvalue weighted by Crippen LogP contribution is -2.06.